The van der Waals surface area contributed by atoms with Gasteiger partial charge in [0.15, 0.2) is 0 Å². The maximum atomic E-state index is 15.6. The van der Waals surface area contributed by atoms with Crippen LogP contribution >= 0.6 is 0 Å². The van der Waals surface area contributed by atoms with Crippen molar-refractivity contribution in [3.05, 3.63) is 197 Å². The Balaban J connectivity index is 1.34. The Morgan fingerprint density at radius 1 is 0.291 bits per heavy atom. The van der Waals surface area contributed by atoms with Gasteiger partial charge in [-0.2, -0.15) is 0 Å². The SMILES string of the molecule is O=c1c2c3cc(-c4ccccc4)c4ccc5ccc6c(-c7ccccc7)cc(c2c(=O)n1-c1c(-c2ccccc2)cccc1-c1ccccc1)c1c6c5c4c31. The Hall–Kier alpha value is -7.36. The summed E-state index contributed by atoms with van der Waals surface area (Å²) in [6.45, 7) is 0. The summed E-state index contributed by atoms with van der Waals surface area (Å²) in [6, 6.07) is 60.2. The second-order valence-corrected chi connectivity index (χ2v) is 14.6. The Morgan fingerprint density at radius 3 is 1.05 bits per heavy atom. The number of aromatic nitrogens is 1. The van der Waals surface area contributed by atoms with Gasteiger partial charge in [0.2, 0.25) is 0 Å². The molecule has 0 saturated heterocycles. The quantitative estimate of drug-likeness (QED) is 0.168. The molecule has 1 heterocycles. The van der Waals surface area contributed by atoms with Crippen LogP contribution in [0.2, 0.25) is 0 Å². The fourth-order valence-electron chi connectivity index (χ4n) is 9.59. The average molecular weight is 700 g/mol. The molecule has 0 aliphatic rings. The summed E-state index contributed by atoms with van der Waals surface area (Å²) in [5.41, 5.74) is 7.76. The van der Waals surface area contributed by atoms with Gasteiger partial charge in [0.05, 0.1) is 16.5 Å². The molecule has 0 radical (unpaired) electrons. The Morgan fingerprint density at radius 2 is 0.655 bits per heavy atom. The summed E-state index contributed by atoms with van der Waals surface area (Å²) in [4.78, 5) is 31.2. The number of para-hydroxylation sites is 1. The maximum Gasteiger partial charge on any atom is 0.266 e. The van der Waals surface area contributed by atoms with Crippen LogP contribution in [0.25, 0.3) is 115 Å². The van der Waals surface area contributed by atoms with Crippen molar-refractivity contribution in [1.29, 1.82) is 0 Å². The molecule has 3 nitrogen and oxygen atoms in total. The first-order valence-electron chi connectivity index (χ1n) is 18.7. The molecular weight excluding hydrogens is 671 g/mol. The molecule has 55 heavy (non-hydrogen) atoms. The van der Waals surface area contributed by atoms with E-state index in [0.29, 0.717) is 16.5 Å². The zero-order valence-corrected chi connectivity index (χ0v) is 29.5. The minimum atomic E-state index is -0.301. The second-order valence-electron chi connectivity index (χ2n) is 14.6. The summed E-state index contributed by atoms with van der Waals surface area (Å²) < 4.78 is 1.47. The molecule has 12 aromatic rings. The number of benzene rings is 10. The van der Waals surface area contributed by atoms with Gasteiger partial charge in [-0.1, -0.05) is 164 Å². The number of hydrogen-bond acceptors (Lipinski definition) is 2. The molecule has 0 aliphatic carbocycles. The molecule has 3 heteroatoms. The van der Waals surface area contributed by atoms with Crippen LogP contribution in [0, 0.1) is 0 Å². The van der Waals surface area contributed by atoms with Gasteiger partial charge in [-0.05, 0) is 99.4 Å². The minimum Gasteiger partial charge on any atom is -0.268 e. The third-order valence-corrected chi connectivity index (χ3v) is 11.9. The third-order valence-electron chi connectivity index (χ3n) is 11.9. The highest BCUT2D eigenvalue weighted by Gasteiger charge is 2.30. The van der Waals surface area contributed by atoms with E-state index in [4.69, 9.17) is 0 Å². The van der Waals surface area contributed by atoms with E-state index < -0.39 is 0 Å². The molecule has 12 rings (SSSR count). The summed E-state index contributed by atoms with van der Waals surface area (Å²) in [5, 5.41) is 11.6. The van der Waals surface area contributed by atoms with Crippen molar-refractivity contribution < 1.29 is 0 Å². The van der Waals surface area contributed by atoms with Gasteiger partial charge in [-0.15, -0.1) is 0 Å². The van der Waals surface area contributed by atoms with Gasteiger partial charge in [0, 0.05) is 11.1 Å². The van der Waals surface area contributed by atoms with Crippen LogP contribution in [-0.2, 0) is 0 Å². The molecule has 254 valence electrons. The zero-order valence-electron chi connectivity index (χ0n) is 29.5. The molecular formula is C52H29NO2. The fraction of sp³-hybridized carbons (Fsp3) is 0. The standard InChI is InChI=1S/C52H29NO2/c54-51-48-41-28-39(32-18-9-3-10-19-32)37-26-24-34-25-27-38-40(33-20-11-4-12-21-33)29-42(47-45(38)43(34)44(37)46(41)47)49(48)52(55)53(51)50-35(30-14-5-1-6-15-30)22-13-23-36(50)31-16-7-2-8-17-31/h1-29H. The molecule has 1 aromatic heterocycles. The number of fused-ring (bicyclic) bond motifs is 3. The summed E-state index contributed by atoms with van der Waals surface area (Å²) in [5.74, 6) is 0. The van der Waals surface area contributed by atoms with Crippen LogP contribution in [0.3, 0.4) is 0 Å². The van der Waals surface area contributed by atoms with Gasteiger partial charge in [-0.25, -0.2) is 4.57 Å². The highest BCUT2D eigenvalue weighted by Crippen LogP contribution is 2.54. The topological polar surface area (TPSA) is 39.1 Å². The number of rotatable bonds is 5. The number of nitrogens with zero attached hydrogens (tertiary/aromatic N) is 1. The van der Waals surface area contributed by atoms with E-state index >= 15 is 9.59 Å². The van der Waals surface area contributed by atoms with E-state index in [1.54, 1.807) is 0 Å². The van der Waals surface area contributed by atoms with Gasteiger partial charge < -0.3 is 0 Å². The van der Waals surface area contributed by atoms with Crippen LogP contribution < -0.4 is 11.1 Å². The van der Waals surface area contributed by atoms with Crippen molar-refractivity contribution in [3.8, 4) is 50.2 Å². The van der Waals surface area contributed by atoms with Crippen LogP contribution in [-0.4, -0.2) is 4.57 Å². The van der Waals surface area contributed by atoms with Crippen LogP contribution in [0.5, 0.6) is 0 Å². The van der Waals surface area contributed by atoms with Crippen LogP contribution in [0.4, 0.5) is 0 Å². The monoisotopic (exact) mass is 699 g/mol. The normalized spacial score (nSPS) is 12.1. The Labute approximate surface area is 314 Å². The van der Waals surface area contributed by atoms with Gasteiger partial charge >= 0.3 is 0 Å². The highest BCUT2D eigenvalue weighted by molar-refractivity contribution is 6.50. The Kier molecular flexibility index (Phi) is 6.07. The average Bonchev–Trinajstić information content (AvgIpc) is 3.75. The van der Waals surface area contributed by atoms with Gasteiger partial charge in [-0.3, -0.25) is 9.59 Å². The summed E-state index contributed by atoms with van der Waals surface area (Å²) in [7, 11) is 0. The van der Waals surface area contributed by atoms with Crippen molar-refractivity contribution in [2.24, 2.45) is 0 Å². The van der Waals surface area contributed by atoms with Crippen molar-refractivity contribution >= 4 is 64.6 Å². The third kappa shape index (κ3) is 3.99. The molecule has 0 bridgehead atoms. The van der Waals surface area contributed by atoms with E-state index in [0.717, 1.165) is 93.0 Å². The number of hydrogen-bond donors (Lipinski definition) is 0. The smallest absolute Gasteiger partial charge is 0.266 e. The van der Waals surface area contributed by atoms with Gasteiger partial charge in [0.1, 0.15) is 0 Å². The van der Waals surface area contributed by atoms with Crippen molar-refractivity contribution in [2.45, 2.75) is 0 Å². The second kappa shape index (κ2) is 11.1. The van der Waals surface area contributed by atoms with E-state index in [1.165, 1.54) is 9.95 Å². The van der Waals surface area contributed by atoms with Gasteiger partial charge in [0.25, 0.3) is 11.1 Å². The Bertz CT molecular complexity index is 3310. The lowest BCUT2D eigenvalue weighted by Crippen LogP contribution is -2.25. The lowest BCUT2D eigenvalue weighted by Gasteiger charge is -2.15. The summed E-state index contributed by atoms with van der Waals surface area (Å²) >= 11 is 0. The zero-order chi connectivity index (χ0) is 36.4. The first-order chi connectivity index (χ1) is 27.2. The minimum absolute atomic E-state index is 0.301. The molecule has 0 saturated carbocycles. The molecule has 0 atom stereocenters. The van der Waals surface area contributed by atoms with Crippen molar-refractivity contribution in [1.82, 2.24) is 4.57 Å². The molecule has 0 aliphatic heterocycles. The lowest BCUT2D eigenvalue weighted by molar-refractivity contribution is 0.996. The summed E-state index contributed by atoms with van der Waals surface area (Å²) in [6.07, 6.45) is 0. The van der Waals surface area contributed by atoms with Crippen LogP contribution in [0.1, 0.15) is 0 Å². The van der Waals surface area contributed by atoms with Crippen LogP contribution in [0.15, 0.2) is 186 Å². The maximum absolute atomic E-state index is 15.6. The highest BCUT2D eigenvalue weighted by atomic mass is 16.2. The first kappa shape index (κ1) is 30.1. The van der Waals surface area contributed by atoms with Crippen molar-refractivity contribution in [3.63, 3.8) is 0 Å². The molecule has 0 fully saturated rings. The van der Waals surface area contributed by atoms with E-state index in [2.05, 4.69) is 84.9 Å². The van der Waals surface area contributed by atoms with Crippen molar-refractivity contribution in [2.75, 3.05) is 0 Å². The molecule has 11 aromatic carbocycles. The molecule has 0 unspecified atom stereocenters. The predicted molar refractivity (Wildman–Crippen MR) is 230 cm³/mol. The molecule has 0 amide bonds. The first-order valence-corrected chi connectivity index (χ1v) is 18.7. The molecule has 0 spiro atoms. The van der Waals surface area contributed by atoms with E-state index in [9.17, 15) is 0 Å². The lowest BCUT2D eigenvalue weighted by atomic mass is 9.89. The predicted octanol–water partition coefficient (Wildman–Crippen LogP) is 12.5. The van der Waals surface area contributed by atoms with E-state index in [-0.39, 0.29) is 11.1 Å². The van der Waals surface area contributed by atoms with E-state index in [1.807, 2.05) is 91.0 Å². The molecule has 0 N–H and O–H groups in total. The largest absolute Gasteiger partial charge is 0.268 e. The fourth-order valence-corrected chi connectivity index (χ4v) is 9.59.